The maximum atomic E-state index is 14.5. The van der Waals surface area contributed by atoms with Crippen LogP contribution in [0.2, 0.25) is 0 Å². The summed E-state index contributed by atoms with van der Waals surface area (Å²) < 4.78 is 5.53. The van der Waals surface area contributed by atoms with Gasteiger partial charge in [-0.3, -0.25) is 9.59 Å². The summed E-state index contributed by atoms with van der Waals surface area (Å²) in [5, 5.41) is 6.01. The first-order chi connectivity index (χ1) is 19.8. The van der Waals surface area contributed by atoms with Crippen LogP contribution in [-0.4, -0.2) is 41.0 Å². The van der Waals surface area contributed by atoms with Crippen molar-refractivity contribution in [3.8, 4) is 0 Å². The van der Waals surface area contributed by atoms with Crippen molar-refractivity contribution in [3.05, 3.63) is 64.7 Å². The van der Waals surface area contributed by atoms with Gasteiger partial charge in [-0.1, -0.05) is 95.8 Å². The number of unbranched alkanes of at least 4 members (excludes halogenated alkanes) is 3. The molecule has 0 heterocycles. The number of carbonyl (C=O) groups excluding carboxylic acids is 3. The molecule has 3 amide bonds. The normalized spacial score (nSPS) is 13.5. The lowest BCUT2D eigenvalue weighted by Crippen LogP contribution is -2.55. The molecular weight excluding hydrogens is 526 g/mol. The highest BCUT2D eigenvalue weighted by Crippen LogP contribution is 2.29. The highest BCUT2D eigenvalue weighted by molar-refractivity contribution is 6.00. The van der Waals surface area contributed by atoms with E-state index in [0.717, 1.165) is 60.0 Å². The minimum Gasteiger partial charge on any atom is -0.444 e. The molecule has 3 unspecified atom stereocenters. The number of anilines is 1. The predicted molar refractivity (Wildman–Crippen MR) is 172 cm³/mol. The van der Waals surface area contributed by atoms with Gasteiger partial charge in [-0.2, -0.15) is 0 Å². The van der Waals surface area contributed by atoms with Gasteiger partial charge in [-0.15, -0.1) is 0 Å². The summed E-state index contributed by atoms with van der Waals surface area (Å²) in [6.45, 7) is 17.9. The number of rotatable bonds is 14. The molecule has 232 valence electrons. The summed E-state index contributed by atoms with van der Waals surface area (Å²) in [5.74, 6) is -0.735. The molecule has 0 bridgehead atoms. The van der Waals surface area contributed by atoms with Crippen LogP contribution in [0.15, 0.2) is 42.5 Å². The molecule has 2 aromatic rings. The van der Waals surface area contributed by atoms with Crippen LogP contribution in [0.3, 0.4) is 0 Å². The Kier molecular flexibility index (Phi) is 13.5. The zero-order valence-corrected chi connectivity index (χ0v) is 27.3. The van der Waals surface area contributed by atoms with Gasteiger partial charge in [0.2, 0.25) is 5.91 Å². The number of ether oxygens (including phenoxy) is 1. The monoisotopic (exact) mass is 579 g/mol. The molecule has 0 spiro atoms. The van der Waals surface area contributed by atoms with Crippen molar-refractivity contribution in [2.75, 3.05) is 11.9 Å². The van der Waals surface area contributed by atoms with Crippen molar-refractivity contribution < 1.29 is 19.1 Å². The second kappa shape index (κ2) is 16.3. The molecule has 42 heavy (non-hydrogen) atoms. The lowest BCUT2D eigenvalue weighted by molar-refractivity contribution is -0.142. The number of aryl methyl sites for hydroxylation is 3. The van der Waals surface area contributed by atoms with E-state index in [2.05, 4.69) is 24.5 Å². The quantitative estimate of drug-likeness (QED) is 0.223. The van der Waals surface area contributed by atoms with Gasteiger partial charge in [0.25, 0.3) is 5.91 Å². The fourth-order valence-corrected chi connectivity index (χ4v) is 4.98. The maximum absolute atomic E-state index is 14.5. The smallest absolute Gasteiger partial charge is 0.408 e. The van der Waals surface area contributed by atoms with Crippen LogP contribution in [0.4, 0.5) is 10.5 Å². The van der Waals surface area contributed by atoms with E-state index in [-0.39, 0.29) is 17.7 Å². The highest BCUT2D eigenvalue weighted by Gasteiger charge is 2.38. The standard InChI is InChI=1S/C35H53N3O4/c1-10-13-14-15-23-38(33(40)30(24(4)11-2)37-34(41)42-35(7,8)9)31(28-21-19-27(12-3)20-22-28)32(39)36-29-25(5)17-16-18-26(29)6/h16-22,24,30-31H,10-15,23H2,1-9H3,(H,36,39)(H,37,41). The fraction of sp³-hybridized carbons (Fsp3) is 0.571. The Bertz CT molecular complexity index is 1150. The van der Waals surface area contributed by atoms with Crippen LogP contribution in [0.5, 0.6) is 0 Å². The van der Waals surface area contributed by atoms with E-state index in [9.17, 15) is 14.4 Å². The Labute approximate surface area is 253 Å². The van der Waals surface area contributed by atoms with Crippen molar-refractivity contribution >= 4 is 23.6 Å². The van der Waals surface area contributed by atoms with Gasteiger partial charge in [-0.05, 0) is 75.6 Å². The van der Waals surface area contributed by atoms with Crippen molar-refractivity contribution in [2.45, 2.75) is 119 Å². The van der Waals surface area contributed by atoms with Gasteiger partial charge in [0.15, 0.2) is 0 Å². The van der Waals surface area contributed by atoms with Crippen LogP contribution in [-0.2, 0) is 20.7 Å². The highest BCUT2D eigenvalue weighted by atomic mass is 16.6. The second-order valence-corrected chi connectivity index (χ2v) is 12.4. The molecule has 0 aliphatic carbocycles. The Morgan fingerprint density at radius 1 is 0.905 bits per heavy atom. The Hall–Kier alpha value is -3.35. The van der Waals surface area contributed by atoms with Crippen LogP contribution in [0.1, 0.15) is 109 Å². The third kappa shape index (κ3) is 10.2. The van der Waals surface area contributed by atoms with E-state index < -0.39 is 23.8 Å². The Morgan fingerprint density at radius 3 is 2.05 bits per heavy atom. The average molecular weight is 580 g/mol. The number of hydrogen-bond acceptors (Lipinski definition) is 4. The number of carbonyl (C=O) groups is 3. The van der Waals surface area contributed by atoms with Crippen LogP contribution in [0, 0.1) is 19.8 Å². The zero-order valence-electron chi connectivity index (χ0n) is 27.3. The van der Waals surface area contributed by atoms with E-state index in [1.165, 1.54) is 0 Å². The largest absolute Gasteiger partial charge is 0.444 e. The number of hydrogen-bond donors (Lipinski definition) is 2. The lowest BCUT2D eigenvalue weighted by Gasteiger charge is -2.36. The zero-order chi connectivity index (χ0) is 31.4. The van der Waals surface area contributed by atoms with E-state index in [1.807, 2.05) is 70.2 Å². The molecule has 0 aromatic heterocycles. The number of amides is 3. The number of nitrogens with zero attached hydrogens (tertiary/aromatic N) is 1. The SMILES string of the molecule is CCCCCCN(C(=O)C(NC(=O)OC(C)(C)C)C(C)CC)C(C(=O)Nc1c(C)cccc1C)c1ccc(CC)cc1. The third-order valence-corrected chi connectivity index (χ3v) is 7.68. The van der Waals surface area contributed by atoms with Crippen LogP contribution in [0.25, 0.3) is 0 Å². The third-order valence-electron chi connectivity index (χ3n) is 7.68. The Morgan fingerprint density at radius 2 is 1.52 bits per heavy atom. The number of benzene rings is 2. The van der Waals surface area contributed by atoms with Crippen molar-refractivity contribution in [1.29, 1.82) is 0 Å². The van der Waals surface area contributed by atoms with Gasteiger partial charge >= 0.3 is 6.09 Å². The molecule has 7 nitrogen and oxygen atoms in total. The topological polar surface area (TPSA) is 87.7 Å². The van der Waals surface area contributed by atoms with E-state index in [1.54, 1.807) is 25.7 Å². The van der Waals surface area contributed by atoms with Gasteiger partial charge in [0, 0.05) is 12.2 Å². The van der Waals surface area contributed by atoms with Crippen LogP contribution >= 0.6 is 0 Å². The average Bonchev–Trinajstić information content (AvgIpc) is 2.93. The minimum atomic E-state index is -0.879. The summed E-state index contributed by atoms with van der Waals surface area (Å²) in [5.41, 5.74) is 3.84. The van der Waals surface area contributed by atoms with E-state index >= 15 is 0 Å². The predicted octanol–water partition coefficient (Wildman–Crippen LogP) is 7.89. The molecule has 7 heteroatoms. The van der Waals surface area contributed by atoms with Gasteiger partial charge in [0.05, 0.1) is 0 Å². The summed E-state index contributed by atoms with van der Waals surface area (Å²) in [6, 6.07) is 12.1. The maximum Gasteiger partial charge on any atom is 0.408 e. The van der Waals surface area contributed by atoms with Gasteiger partial charge < -0.3 is 20.3 Å². The second-order valence-electron chi connectivity index (χ2n) is 12.4. The molecule has 2 aromatic carbocycles. The molecule has 0 saturated carbocycles. The summed E-state index contributed by atoms with van der Waals surface area (Å²) in [4.78, 5) is 43.3. The fourth-order valence-electron chi connectivity index (χ4n) is 4.98. The first-order valence-electron chi connectivity index (χ1n) is 15.6. The molecule has 3 atom stereocenters. The summed E-state index contributed by atoms with van der Waals surface area (Å²) in [7, 11) is 0. The Balaban J connectivity index is 2.61. The molecule has 2 rings (SSSR count). The first kappa shape index (κ1) is 34.8. The van der Waals surface area contributed by atoms with E-state index in [4.69, 9.17) is 4.74 Å². The number of alkyl carbamates (subject to hydrolysis) is 1. The molecule has 0 radical (unpaired) electrons. The first-order valence-corrected chi connectivity index (χ1v) is 15.6. The number of para-hydroxylation sites is 1. The van der Waals surface area contributed by atoms with Gasteiger partial charge in [-0.25, -0.2) is 4.79 Å². The van der Waals surface area contributed by atoms with Crippen LogP contribution < -0.4 is 10.6 Å². The van der Waals surface area contributed by atoms with Crippen molar-refractivity contribution in [1.82, 2.24) is 10.2 Å². The van der Waals surface area contributed by atoms with E-state index in [0.29, 0.717) is 13.0 Å². The van der Waals surface area contributed by atoms with Crippen molar-refractivity contribution in [3.63, 3.8) is 0 Å². The molecule has 0 aliphatic rings. The molecule has 2 N–H and O–H groups in total. The molecule has 0 saturated heterocycles. The minimum absolute atomic E-state index is 0.173. The molecule has 0 fully saturated rings. The molecule has 0 aliphatic heterocycles. The molecular formula is C35H53N3O4. The number of nitrogens with one attached hydrogen (secondary N) is 2. The summed E-state index contributed by atoms with van der Waals surface area (Å²) >= 11 is 0. The van der Waals surface area contributed by atoms with Gasteiger partial charge in [0.1, 0.15) is 17.7 Å². The summed E-state index contributed by atoms with van der Waals surface area (Å²) in [6.07, 6.45) is 4.68. The van der Waals surface area contributed by atoms with Crippen molar-refractivity contribution in [2.24, 2.45) is 5.92 Å². The lowest BCUT2D eigenvalue weighted by atomic mass is 9.95.